The van der Waals surface area contributed by atoms with Gasteiger partial charge < -0.3 is 5.32 Å². The van der Waals surface area contributed by atoms with Crippen molar-refractivity contribution in [2.75, 3.05) is 26.2 Å². The van der Waals surface area contributed by atoms with E-state index in [1.165, 1.54) is 4.31 Å². The van der Waals surface area contributed by atoms with Gasteiger partial charge in [-0.1, -0.05) is 0 Å². The van der Waals surface area contributed by atoms with Crippen molar-refractivity contribution < 1.29 is 8.42 Å². The van der Waals surface area contributed by atoms with Crippen LogP contribution in [-0.4, -0.2) is 48.7 Å². The molecule has 1 fully saturated rings. The first kappa shape index (κ1) is 12.5. The van der Waals surface area contributed by atoms with Crippen molar-refractivity contribution in [3.05, 3.63) is 18.0 Å². The number of aromatic nitrogens is 2. The van der Waals surface area contributed by atoms with Gasteiger partial charge in [0, 0.05) is 51.5 Å². The van der Waals surface area contributed by atoms with Crippen LogP contribution in [0.25, 0.3) is 0 Å². The monoisotopic (exact) mass is 259 g/mol. The van der Waals surface area contributed by atoms with E-state index in [1.807, 2.05) is 0 Å². The lowest BCUT2D eigenvalue weighted by Crippen LogP contribution is -2.50. The molecule has 0 radical (unpaired) electrons. The highest BCUT2D eigenvalue weighted by molar-refractivity contribution is 7.87. The molecule has 1 aliphatic heterocycles. The molecule has 2 N–H and O–H groups in total. The zero-order valence-corrected chi connectivity index (χ0v) is 10.6. The Hall–Kier alpha value is -0.960. The molecule has 96 valence electrons. The summed E-state index contributed by atoms with van der Waals surface area (Å²) in [6.45, 7) is 2.71. The van der Waals surface area contributed by atoms with Gasteiger partial charge in [0.1, 0.15) is 0 Å². The Labute approximate surface area is 101 Å². The van der Waals surface area contributed by atoms with Crippen molar-refractivity contribution >= 4 is 10.2 Å². The van der Waals surface area contributed by atoms with Crippen LogP contribution < -0.4 is 10.0 Å². The molecule has 0 atom stereocenters. The fraction of sp³-hybridized carbons (Fsp3) is 0.667. The van der Waals surface area contributed by atoms with Gasteiger partial charge in [-0.05, 0) is 0 Å². The Morgan fingerprint density at radius 3 is 2.76 bits per heavy atom. The Balaban J connectivity index is 1.92. The summed E-state index contributed by atoms with van der Waals surface area (Å²) in [6, 6.07) is 0. The molecule has 1 aromatic heterocycles. The molecule has 0 aromatic carbocycles. The Bertz CT molecular complexity index is 463. The maximum Gasteiger partial charge on any atom is 0.279 e. The topological polar surface area (TPSA) is 79.3 Å². The minimum Gasteiger partial charge on any atom is -0.314 e. The Morgan fingerprint density at radius 2 is 2.18 bits per heavy atom. The van der Waals surface area contributed by atoms with Crippen molar-refractivity contribution in [3.8, 4) is 0 Å². The van der Waals surface area contributed by atoms with Gasteiger partial charge in [-0.2, -0.15) is 22.5 Å². The first-order valence-corrected chi connectivity index (χ1v) is 6.95. The van der Waals surface area contributed by atoms with E-state index in [0.29, 0.717) is 26.2 Å². The maximum atomic E-state index is 11.9. The highest BCUT2D eigenvalue weighted by Gasteiger charge is 2.23. The van der Waals surface area contributed by atoms with Gasteiger partial charge in [0.25, 0.3) is 10.2 Å². The highest BCUT2D eigenvalue weighted by atomic mass is 32.2. The van der Waals surface area contributed by atoms with Crippen LogP contribution >= 0.6 is 0 Å². The summed E-state index contributed by atoms with van der Waals surface area (Å²) < 4.78 is 29.5. The molecule has 1 aromatic rings. The molecule has 17 heavy (non-hydrogen) atoms. The number of piperazine rings is 1. The third-order valence-electron chi connectivity index (χ3n) is 2.63. The average Bonchev–Trinajstić information content (AvgIpc) is 2.74. The van der Waals surface area contributed by atoms with E-state index >= 15 is 0 Å². The van der Waals surface area contributed by atoms with Gasteiger partial charge in [-0.25, -0.2) is 0 Å². The van der Waals surface area contributed by atoms with Crippen LogP contribution in [0.1, 0.15) is 5.56 Å². The zero-order valence-electron chi connectivity index (χ0n) is 9.76. The summed E-state index contributed by atoms with van der Waals surface area (Å²) >= 11 is 0. The number of aryl methyl sites for hydroxylation is 1. The molecular formula is C9H17N5O2S. The van der Waals surface area contributed by atoms with Crippen molar-refractivity contribution in [2.24, 2.45) is 7.05 Å². The van der Waals surface area contributed by atoms with Crippen LogP contribution in [0.4, 0.5) is 0 Å². The van der Waals surface area contributed by atoms with E-state index in [0.717, 1.165) is 5.56 Å². The first-order valence-electron chi connectivity index (χ1n) is 5.51. The predicted octanol–water partition coefficient (Wildman–Crippen LogP) is -1.34. The minimum absolute atomic E-state index is 0.278. The number of nitrogens with zero attached hydrogens (tertiary/aromatic N) is 3. The summed E-state index contributed by atoms with van der Waals surface area (Å²) in [5.74, 6) is 0. The number of hydrogen-bond donors (Lipinski definition) is 2. The van der Waals surface area contributed by atoms with Gasteiger partial charge in [-0.15, -0.1) is 0 Å². The van der Waals surface area contributed by atoms with Crippen LogP contribution in [0.15, 0.2) is 12.4 Å². The number of rotatable bonds is 4. The van der Waals surface area contributed by atoms with Gasteiger partial charge in [0.15, 0.2) is 0 Å². The smallest absolute Gasteiger partial charge is 0.279 e. The van der Waals surface area contributed by atoms with Crippen LogP contribution in [0.2, 0.25) is 0 Å². The fourth-order valence-corrected chi connectivity index (χ4v) is 2.91. The quantitative estimate of drug-likeness (QED) is 0.701. The van der Waals surface area contributed by atoms with Crippen LogP contribution in [0.5, 0.6) is 0 Å². The molecule has 0 amide bonds. The normalized spacial score (nSPS) is 18.4. The molecule has 2 heterocycles. The zero-order chi connectivity index (χ0) is 12.3. The van der Waals surface area contributed by atoms with Crippen LogP contribution in [0.3, 0.4) is 0 Å². The SMILES string of the molecule is Cn1cc(CNS(=O)(=O)N2CCNCC2)cn1. The second-order valence-corrected chi connectivity index (χ2v) is 5.75. The van der Waals surface area contributed by atoms with Gasteiger partial charge in [0.2, 0.25) is 0 Å². The summed E-state index contributed by atoms with van der Waals surface area (Å²) in [4.78, 5) is 0. The molecule has 1 saturated heterocycles. The van der Waals surface area contributed by atoms with E-state index < -0.39 is 10.2 Å². The average molecular weight is 259 g/mol. The molecule has 0 unspecified atom stereocenters. The highest BCUT2D eigenvalue weighted by Crippen LogP contribution is 2.02. The maximum absolute atomic E-state index is 11.9. The lowest BCUT2D eigenvalue weighted by molar-refractivity contribution is 0.354. The number of hydrogen-bond acceptors (Lipinski definition) is 4. The van der Waals surface area contributed by atoms with Gasteiger partial charge in [-0.3, -0.25) is 4.68 Å². The van der Waals surface area contributed by atoms with E-state index in [4.69, 9.17) is 0 Å². The summed E-state index contributed by atoms with van der Waals surface area (Å²) in [6.07, 6.45) is 3.44. The van der Waals surface area contributed by atoms with Crippen molar-refractivity contribution in [3.63, 3.8) is 0 Å². The van der Waals surface area contributed by atoms with E-state index in [1.54, 1.807) is 24.1 Å². The third kappa shape index (κ3) is 3.25. The molecule has 0 spiro atoms. The molecule has 0 saturated carbocycles. The van der Waals surface area contributed by atoms with Gasteiger partial charge in [0.05, 0.1) is 6.20 Å². The van der Waals surface area contributed by atoms with Crippen molar-refractivity contribution in [1.29, 1.82) is 0 Å². The Morgan fingerprint density at radius 1 is 1.47 bits per heavy atom. The standard InChI is InChI=1S/C9H17N5O2S/c1-13-8-9(6-11-13)7-12-17(15,16)14-4-2-10-3-5-14/h6,8,10,12H,2-5,7H2,1H3. The molecule has 0 aliphatic carbocycles. The molecule has 2 rings (SSSR count). The van der Waals surface area contributed by atoms with Crippen LogP contribution in [0, 0.1) is 0 Å². The molecular weight excluding hydrogens is 242 g/mol. The van der Waals surface area contributed by atoms with E-state index in [-0.39, 0.29) is 6.54 Å². The predicted molar refractivity (Wildman–Crippen MR) is 63.4 cm³/mol. The lowest BCUT2D eigenvalue weighted by Gasteiger charge is -2.26. The fourth-order valence-electron chi connectivity index (χ4n) is 1.71. The van der Waals surface area contributed by atoms with Gasteiger partial charge >= 0.3 is 0 Å². The summed E-state index contributed by atoms with van der Waals surface area (Å²) in [7, 11) is -1.57. The number of nitrogens with one attached hydrogen (secondary N) is 2. The van der Waals surface area contributed by atoms with Crippen molar-refractivity contribution in [2.45, 2.75) is 6.54 Å². The van der Waals surface area contributed by atoms with E-state index in [9.17, 15) is 8.42 Å². The molecule has 1 aliphatic rings. The van der Waals surface area contributed by atoms with Crippen LogP contribution in [-0.2, 0) is 23.8 Å². The second kappa shape index (κ2) is 5.13. The molecule has 8 heteroatoms. The summed E-state index contributed by atoms with van der Waals surface area (Å²) in [5, 5.41) is 7.10. The largest absolute Gasteiger partial charge is 0.314 e. The Kier molecular flexibility index (Phi) is 3.77. The van der Waals surface area contributed by atoms with E-state index in [2.05, 4.69) is 15.1 Å². The lowest BCUT2D eigenvalue weighted by atomic mass is 10.4. The molecule has 7 nitrogen and oxygen atoms in total. The van der Waals surface area contributed by atoms with Crippen molar-refractivity contribution in [1.82, 2.24) is 24.1 Å². The summed E-state index contributed by atoms with van der Waals surface area (Å²) in [5.41, 5.74) is 0.853. The second-order valence-electron chi connectivity index (χ2n) is 4.00. The minimum atomic E-state index is -3.37. The third-order valence-corrected chi connectivity index (χ3v) is 4.19. The molecule has 0 bridgehead atoms. The first-order chi connectivity index (χ1) is 8.08.